The largest absolute Gasteiger partial charge is 0.457 e. The molecule has 0 bridgehead atoms. The van der Waals surface area contributed by atoms with Crippen LogP contribution in [0.15, 0.2) is 48.5 Å². The van der Waals surface area contributed by atoms with Crippen LogP contribution < -0.4 is 10.1 Å². The fraction of sp³-hybridized carbons (Fsp3) is 0.222. The number of esters is 1. The Bertz CT molecular complexity index is 683. The third kappa shape index (κ3) is 3.18. The molecule has 1 atom stereocenters. The number of hydrogen-bond donors (Lipinski definition) is 1. The minimum atomic E-state index is -0.686. The molecule has 1 amide bonds. The summed E-state index contributed by atoms with van der Waals surface area (Å²) in [5.74, 6) is 1.10. The minimum absolute atomic E-state index is 0.0343. The van der Waals surface area contributed by atoms with Gasteiger partial charge in [-0.3, -0.25) is 9.59 Å². The van der Waals surface area contributed by atoms with Crippen LogP contribution in [0.3, 0.4) is 0 Å². The van der Waals surface area contributed by atoms with Crippen molar-refractivity contribution in [2.45, 2.75) is 25.5 Å². The predicted octanol–water partition coefficient (Wildman–Crippen LogP) is 2.95. The van der Waals surface area contributed by atoms with E-state index >= 15 is 0 Å². The van der Waals surface area contributed by atoms with E-state index in [-0.39, 0.29) is 5.92 Å². The first-order valence-corrected chi connectivity index (χ1v) is 7.41. The molecule has 0 aliphatic carbocycles. The van der Waals surface area contributed by atoms with E-state index in [9.17, 15) is 9.59 Å². The van der Waals surface area contributed by atoms with E-state index < -0.39 is 12.2 Å². The van der Waals surface area contributed by atoms with Gasteiger partial charge in [-0.2, -0.15) is 0 Å². The second-order valence-electron chi connectivity index (χ2n) is 5.35. The average molecular weight is 311 g/mol. The van der Waals surface area contributed by atoms with Gasteiger partial charge in [-0.15, -0.1) is 0 Å². The van der Waals surface area contributed by atoms with E-state index in [1.807, 2.05) is 48.5 Å². The highest BCUT2D eigenvalue weighted by Crippen LogP contribution is 2.45. The monoisotopic (exact) mass is 311 g/mol. The number of carbonyl (C=O) groups excluding carboxylic acids is 2. The Balaban J connectivity index is 1.97. The summed E-state index contributed by atoms with van der Waals surface area (Å²) in [6.45, 7) is 1.32. The van der Waals surface area contributed by atoms with Crippen LogP contribution in [0.1, 0.15) is 30.4 Å². The first-order valence-electron chi connectivity index (χ1n) is 7.41. The van der Waals surface area contributed by atoms with Crippen molar-refractivity contribution < 1.29 is 19.1 Å². The fourth-order valence-corrected chi connectivity index (χ4v) is 2.90. The van der Waals surface area contributed by atoms with E-state index in [1.54, 1.807) is 0 Å². The first kappa shape index (κ1) is 15.1. The lowest BCUT2D eigenvalue weighted by Crippen LogP contribution is -2.34. The molecule has 0 radical (unpaired) electrons. The molecule has 0 saturated heterocycles. The van der Waals surface area contributed by atoms with Crippen LogP contribution in [0.25, 0.3) is 0 Å². The molecular formula is C18H17NO4. The van der Waals surface area contributed by atoms with Crippen LogP contribution in [0.2, 0.25) is 0 Å². The van der Waals surface area contributed by atoms with Crippen LogP contribution in [0.5, 0.6) is 11.5 Å². The molecule has 2 aromatic carbocycles. The van der Waals surface area contributed by atoms with Crippen molar-refractivity contribution in [3.8, 4) is 11.5 Å². The molecule has 2 aromatic rings. The van der Waals surface area contributed by atoms with Crippen LogP contribution in [-0.2, 0) is 14.3 Å². The zero-order chi connectivity index (χ0) is 16.2. The molecule has 1 aliphatic heterocycles. The molecule has 0 aromatic heterocycles. The normalized spacial score (nSPS) is 14.0. The van der Waals surface area contributed by atoms with Crippen molar-refractivity contribution >= 4 is 12.4 Å². The summed E-state index contributed by atoms with van der Waals surface area (Å²) in [4.78, 5) is 22.1. The molecule has 3 rings (SSSR count). The van der Waals surface area contributed by atoms with Crippen LogP contribution in [0.4, 0.5) is 0 Å². The van der Waals surface area contributed by atoms with Crippen LogP contribution in [0, 0.1) is 0 Å². The average Bonchev–Trinajstić information content (AvgIpc) is 2.54. The highest BCUT2D eigenvalue weighted by Gasteiger charge is 2.30. The number of para-hydroxylation sites is 2. The van der Waals surface area contributed by atoms with E-state index in [0.717, 1.165) is 22.6 Å². The molecule has 1 heterocycles. The van der Waals surface area contributed by atoms with Crippen LogP contribution in [-0.4, -0.2) is 18.6 Å². The Morgan fingerprint density at radius 2 is 1.74 bits per heavy atom. The maximum absolute atomic E-state index is 11.3. The Labute approximate surface area is 134 Å². The number of benzene rings is 2. The molecule has 1 unspecified atom stereocenters. The Kier molecular flexibility index (Phi) is 4.28. The highest BCUT2D eigenvalue weighted by atomic mass is 16.6. The topological polar surface area (TPSA) is 64.6 Å². The van der Waals surface area contributed by atoms with Gasteiger partial charge in [0, 0.05) is 30.4 Å². The van der Waals surface area contributed by atoms with E-state index in [2.05, 4.69) is 5.32 Å². The van der Waals surface area contributed by atoms with Crippen LogP contribution >= 0.6 is 0 Å². The van der Waals surface area contributed by atoms with Crippen molar-refractivity contribution in [3.05, 3.63) is 59.7 Å². The number of carbonyl (C=O) groups is 2. The summed E-state index contributed by atoms with van der Waals surface area (Å²) in [5, 5.41) is 2.56. The second kappa shape index (κ2) is 6.52. The van der Waals surface area contributed by atoms with Crippen molar-refractivity contribution in [3.63, 3.8) is 0 Å². The van der Waals surface area contributed by atoms with Gasteiger partial charge in [0.15, 0.2) is 6.23 Å². The molecule has 0 fully saturated rings. The third-order valence-electron chi connectivity index (χ3n) is 3.82. The van der Waals surface area contributed by atoms with Gasteiger partial charge in [0.05, 0.1) is 0 Å². The lowest BCUT2D eigenvalue weighted by molar-refractivity contribution is -0.149. The quantitative estimate of drug-likeness (QED) is 0.524. The first-order chi connectivity index (χ1) is 11.2. The third-order valence-corrected chi connectivity index (χ3v) is 3.82. The summed E-state index contributed by atoms with van der Waals surface area (Å²) >= 11 is 0. The molecule has 0 saturated carbocycles. The molecule has 0 spiro atoms. The molecule has 5 heteroatoms. The van der Waals surface area contributed by atoms with Gasteiger partial charge in [0.25, 0.3) is 0 Å². The number of fused-ring (bicyclic) bond motifs is 2. The number of rotatable bonds is 5. The summed E-state index contributed by atoms with van der Waals surface area (Å²) in [5.41, 5.74) is 2.02. The fourth-order valence-electron chi connectivity index (χ4n) is 2.90. The number of hydrogen-bond acceptors (Lipinski definition) is 4. The van der Waals surface area contributed by atoms with Gasteiger partial charge >= 0.3 is 5.97 Å². The van der Waals surface area contributed by atoms with Gasteiger partial charge in [-0.05, 0) is 12.1 Å². The molecular weight excluding hydrogens is 294 g/mol. The summed E-state index contributed by atoms with van der Waals surface area (Å²) in [6.07, 6.45) is 0.301. The maximum atomic E-state index is 11.3. The van der Waals surface area contributed by atoms with E-state index in [4.69, 9.17) is 9.47 Å². The van der Waals surface area contributed by atoms with Gasteiger partial charge in [-0.25, -0.2) is 0 Å². The lowest BCUT2D eigenvalue weighted by Gasteiger charge is -2.30. The molecule has 1 aliphatic rings. The molecule has 118 valence electrons. The summed E-state index contributed by atoms with van der Waals surface area (Å²) in [6, 6.07) is 15.5. The number of amides is 1. The Morgan fingerprint density at radius 1 is 1.17 bits per heavy atom. The van der Waals surface area contributed by atoms with Gasteiger partial charge in [0.2, 0.25) is 6.41 Å². The number of nitrogens with one attached hydrogen (secondary N) is 1. The Morgan fingerprint density at radius 3 is 2.26 bits per heavy atom. The maximum Gasteiger partial charge on any atom is 0.304 e. The number of ether oxygens (including phenoxy) is 2. The molecule has 1 N–H and O–H groups in total. The van der Waals surface area contributed by atoms with Crippen molar-refractivity contribution in [2.24, 2.45) is 0 Å². The zero-order valence-electron chi connectivity index (χ0n) is 12.7. The molecule has 23 heavy (non-hydrogen) atoms. The predicted molar refractivity (Wildman–Crippen MR) is 84.2 cm³/mol. The van der Waals surface area contributed by atoms with Gasteiger partial charge < -0.3 is 14.8 Å². The van der Waals surface area contributed by atoms with Gasteiger partial charge in [0.1, 0.15) is 11.5 Å². The smallest absolute Gasteiger partial charge is 0.304 e. The lowest BCUT2D eigenvalue weighted by atomic mass is 9.85. The van der Waals surface area contributed by atoms with E-state index in [1.165, 1.54) is 6.92 Å². The highest BCUT2D eigenvalue weighted by molar-refractivity contribution is 5.66. The molecule has 5 nitrogen and oxygen atoms in total. The van der Waals surface area contributed by atoms with Crippen molar-refractivity contribution in [1.82, 2.24) is 5.32 Å². The zero-order valence-corrected chi connectivity index (χ0v) is 12.7. The standard InChI is InChI=1S/C18H17NO4/c1-12(21)22-18(19-11-20)10-15-13-6-2-4-8-16(13)23-17-9-5-3-7-14(15)17/h2-9,11,15,18H,10H2,1H3,(H,19,20). The van der Waals surface area contributed by atoms with Crippen molar-refractivity contribution in [2.75, 3.05) is 0 Å². The SMILES string of the molecule is CC(=O)OC(CC1c2ccccc2Oc2ccccc21)NC=O. The second-order valence-corrected chi connectivity index (χ2v) is 5.35. The summed E-state index contributed by atoms with van der Waals surface area (Å²) in [7, 11) is 0. The van der Waals surface area contributed by atoms with Crippen molar-refractivity contribution in [1.29, 1.82) is 0 Å². The van der Waals surface area contributed by atoms with E-state index in [0.29, 0.717) is 12.8 Å². The summed E-state index contributed by atoms with van der Waals surface area (Å²) < 4.78 is 11.1. The van der Waals surface area contributed by atoms with Gasteiger partial charge in [-0.1, -0.05) is 36.4 Å². The Hall–Kier alpha value is -2.82. The minimum Gasteiger partial charge on any atom is -0.457 e.